The predicted molar refractivity (Wildman–Crippen MR) is 44.9 cm³/mol. The number of hydrogen-bond donors (Lipinski definition) is 1. The zero-order valence-corrected chi connectivity index (χ0v) is 7.45. The molecule has 1 N–H and O–H groups in total. The van der Waals surface area contributed by atoms with Crippen LogP contribution in [0.2, 0.25) is 0 Å². The molecule has 2 atom stereocenters. The second-order valence-electron chi connectivity index (χ2n) is 3.44. The fourth-order valence-electron chi connectivity index (χ4n) is 1.91. The monoisotopic (exact) mass is 172 g/mol. The van der Waals surface area contributed by atoms with Crippen LogP contribution in [0.4, 0.5) is 0 Å². The van der Waals surface area contributed by atoms with Crippen LogP contribution in [0, 0.1) is 0 Å². The predicted octanol–water partition coefficient (Wildman–Crippen LogP) is 0.895. The number of rotatable bonds is 3. The van der Waals surface area contributed by atoms with Gasteiger partial charge in [-0.2, -0.15) is 0 Å². The topological polar surface area (TPSA) is 46.5 Å². The van der Waals surface area contributed by atoms with Gasteiger partial charge in [0.25, 0.3) is 0 Å². The van der Waals surface area contributed by atoms with E-state index >= 15 is 0 Å². The van der Waals surface area contributed by atoms with E-state index in [0.717, 1.165) is 25.5 Å². The Kier molecular flexibility index (Phi) is 3.23. The molecule has 1 saturated carbocycles. The lowest BCUT2D eigenvalue weighted by Crippen LogP contribution is -2.46. The van der Waals surface area contributed by atoms with Crippen LogP contribution in [0.1, 0.15) is 32.1 Å². The van der Waals surface area contributed by atoms with E-state index in [0.29, 0.717) is 6.42 Å². The first-order chi connectivity index (χ1) is 5.73. The van der Waals surface area contributed by atoms with Crippen LogP contribution in [0.3, 0.4) is 0 Å². The van der Waals surface area contributed by atoms with E-state index in [2.05, 4.69) is 0 Å². The third-order valence-corrected chi connectivity index (χ3v) is 2.65. The number of aldehydes is 1. The quantitative estimate of drug-likeness (QED) is 0.643. The smallest absolute Gasteiger partial charge is 0.122 e. The maximum Gasteiger partial charge on any atom is 0.122 e. The van der Waals surface area contributed by atoms with Gasteiger partial charge in [-0.15, -0.1) is 0 Å². The molecule has 0 aliphatic heterocycles. The van der Waals surface area contributed by atoms with Gasteiger partial charge < -0.3 is 14.6 Å². The second kappa shape index (κ2) is 4.01. The Bertz CT molecular complexity index is 158. The van der Waals surface area contributed by atoms with Crippen LogP contribution in [0.25, 0.3) is 0 Å². The standard InChI is InChI=1S/C9H16O3/c1-12-8-4-2-3-5-9(8,11)6-7-10/h7-8,11H,2-6H2,1H3. The lowest BCUT2D eigenvalue weighted by Gasteiger charge is -2.37. The SMILES string of the molecule is COC1CCCCC1(O)CC=O. The number of ether oxygens (including phenoxy) is 1. The summed E-state index contributed by atoms with van der Waals surface area (Å²) in [7, 11) is 1.59. The highest BCUT2D eigenvalue weighted by Crippen LogP contribution is 2.32. The lowest BCUT2D eigenvalue weighted by molar-refractivity contribution is -0.134. The average molecular weight is 172 g/mol. The molecule has 3 nitrogen and oxygen atoms in total. The summed E-state index contributed by atoms with van der Waals surface area (Å²) in [6.45, 7) is 0. The highest BCUT2D eigenvalue weighted by molar-refractivity contribution is 5.51. The third kappa shape index (κ3) is 1.84. The molecule has 0 spiro atoms. The first-order valence-corrected chi connectivity index (χ1v) is 4.42. The van der Waals surface area contributed by atoms with Gasteiger partial charge in [0, 0.05) is 13.5 Å². The summed E-state index contributed by atoms with van der Waals surface area (Å²) in [6.07, 6.45) is 4.44. The zero-order chi connectivity index (χ0) is 9.03. The van der Waals surface area contributed by atoms with Crippen molar-refractivity contribution in [3.8, 4) is 0 Å². The van der Waals surface area contributed by atoms with Gasteiger partial charge in [0.15, 0.2) is 0 Å². The summed E-state index contributed by atoms with van der Waals surface area (Å²) in [5.41, 5.74) is -0.894. The molecular weight excluding hydrogens is 156 g/mol. The zero-order valence-electron chi connectivity index (χ0n) is 7.45. The number of carbonyl (C=O) groups is 1. The van der Waals surface area contributed by atoms with E-state index in [-0.39, 0.29) is 12.5 Å². The van der Waals surface area contributed by atoms with Gasteiger partial charge in [-0.25, -0.2) is 0 Å². The van der Waals surface area contributed by atoms with Crippen molar-refractivity contribution in [3.05, 3.63) is 0 Å². The van der Waals surface area contributed by atoms with Gasteiger partial charge in [-0.05, 0) is 12.8 Å². The minimum Gasteiger partial charge on any atom is -0.387 e. The molecule has 3 heteroatoms. The van der Waals surface area contributed by atoms with Crippen LogP contribution in [-0.2, 0) is 9.53 Å². The fourth-order valence-corrected chi connectivity index (χ4v) is 1.91. The van der Waals surface area contributed by atoms with Crippen molar-refractivity contribution in [3.63, 3.8) is 0 Å². The molecule has 0 saturated heterocycles. The molecule has 0 radical (unpaired) electrons. The van der Waals surface area contributed by atoms with E-state index in [1.807, 2.05) is 0 Å². The Hall–Kier alpha value is -0.410. The molecule has 1 aliphatic carbocycles. The Morgan fingerprint density at radius 1 is 1.67 bits per heavy atom. The minimum absolute atomic E-state index is 0.156. The largest absolute Gasteiger partial charge is 0.387 e. The normalized spacial score (nSPS) is 36.3. The lowest BCUT2D eigenvalue weighted by atomic mass is 9.80. The number of hydrogen-bond acceptors (Lipinski definition) is 3. The van der Waals surface area contributed by atoms with Gasteiger partial charge in [-0.1, -0.05) is 12.8 Å². The van der Waals surface area contributed by atoms with Crippen LogP contribution in [-0.4, -0.2) is 30.2 Å². The number of aliphatic hydroxyl groups is 1. The molecule has 0 bridgehead atoms. The molecular formula is C9H16O3. The molecule has 2 unspecified atom stereocenters. The Morgan fingerprint density at radius 2 is 2.42 bits per heavy atom. The summed E-state index contributed by atoms with van der Waals surface area (Å²) in [5.74, 6) is 0. The Labute approximate surface area is 72.7 Å². The van der Waals surface area contributed by atoms with Crippen molar-refractivity contribution in [1.82, 2.24) is 0 Å². The molecule has 0 aromatic carbocycles. The van der Waals surface area contributed by atoms with Gasteiger partial charge in [0.05, 0.1) is 11.7 Å². The number of carbonyl (C=O) groups excluding carboxylic acids is 1. The molecule has 1 rings (SSSR count). The maximum absolute atomic E-state index is 10.3. The third-order valence-electron chi connectivity index (χ3n) is 2.65. The van der Waals surface area contributed by atoms with Crippen molar-refractivity contribution in [1.29, 1.82) is 0 Å². The van der Waals surface area contributed by atoms with Crippen LogP contribution in [0.5, 0.6) is 0 Å². The highest BCUT2D eigenvalue weighted by atomic mass is 16.5. The molecule has 0 amide bonds. The van der Waals surface area contributed by atoms with Crippen molar-refractivity contribution in [2.75, 3.05) is 7.11 Å². The summed E-state index contributed by atoms with van der Waals surface area (Å²) in [4.78, 5) is 10.3. The molecule has 0 heterocycles. The first-order valence-electron chi connectivity index (χ1n) is 4.42. The van der Waals surface area contributed by atoms with E-state index in [4.69, 9.17) is 4.74 Å². The van der Waals surface area contributed by atoms with E-state index in [9.17, 15) is 9.90 Å². The molecule has 1 fully saturated rings. The van der Waals surface area contributed by atoms with Crippen LogP contribution >= 0.6 is 0 Å². The van der Waals surface area contributed by atoms with Gasteiger partial charge in [0.1, 0.15) is 6.29 Å². The van der Waals surface area contributed by atoms with Crippen molar-refractivity contribution < 1.29 is 14.6 Å². The Balaban J connectivity index is 2.61. The van der Waals surface area contributed by atoms with Crippen molar-refractivity contribution >= 4 is 6.29 Å². The molecule has 1 aliphatic rings. The van der Waals surface area contributed by atoms with Gasteiger partial charge in [0.2, 0.25) is 0 Å². The molecule has 70 valence electrons. The van der Waals surface area contributed by atoms with E-state index in [1.165, 1.54) is 0 Å². The highest BCUT2D eigenvalue weighted by Gasteiger charge is 2.38. The summed E-state index contributed by atoms with van der Waals surface area (Å²) >= 11 is 0. The molecule has 0 aromatic heterocycles. The van der Waals surface area contributed by atoms with Crippen LogP contribution < -0.4 is 0 Å². The van der Waals surface area contributed by atoms with Crippen molar-refractivity contribution in [2.24, 2.45) is 0 Å². The molecule has 0 aromatic rings. The van der Waals surface area contributed by atoms with Crippen LogP contribution in [0.15, 0.2) is 0 Å². The van der Waals surface area contributed by atoms with Gasteiger partial charge in [-0.3, -0.25) is 0 Å². The Morgan fingerprint density at radius 3 is 3.00 bits per heavy atom. The van der Waals surface area contributed by atoms with Crippen molar-refractivity contribution in [2.45, 2.75) is 43.8 Å². The fraction of sp³-hybridized carbons (Fsp3) is 0.889. The van der Waals surface area contributed by atoms with Gasteiger partial charge >= 0.3 is 0 Å². The van der Waals surface area contributed by atoms with E-state index in [1.54, 1.807) is 7.11 Å². The summed E-state index contributed by atoms with van der Waals surface area (Å²) < 4.78 is 5.15. The minimum atomic E-state index is -0.894. The second-order valence-corrected chi connectivity index (χ2v) is 3.44. The first kappa shape index (κ1) is 9.68. The maximum atomic E-state index is 10.3. The van der Waals surface area contributed by atoms with E-state index < -0.39 is 5.60 Å². The average Bonchev–Trinajstić information content (AvgIpc) is 2.05. The molecule has 12 heavy (non-hydrogen) atoms. The summed E-state index contributed by atoms with van der Waals surface area (Å²) in [6, 6.07) is 0. The summed E-state index contributed by atoms with van der Waals surface area (Å²) in [5, 5.41) is 9.97. The number of methoxy groups -OCH3 is 1.